The van der Waals surface area contributed by atoms with Gasteiger partial charge in [-0.25, -0.2) is 0 Å². The van der Waals surface area contributed by atoms with Crippen molar-refractivity contribution in [2.75, 3.05) is 0 Å². The summed E-state index contributed by atoms with van der Waals surface area (Å²) in [5, 5.41) is 2.54. The topological polar surface area (TPSA) is 13.1 Å². The molecular weight excluding hydrogens is 448 g/mol. The SMILES string of the molecule is [2H]c1c([2H])c([2H])c(-c2c3c([2H])c([2H])c([2H])c([2H])c3c(-c3ccc4oc5ccc6ccccc6c5c4c3)c3c([2H])c([2H])c([2H])c([2H])c23)c([2H])c1[2H]. The summed E-state index contributed by atoms with van der Waals surface area (Å²) in [6.07, 6.45) is 0. The summed E-state index contributed by atoms with van der Waals surface area (Å²) < 4.78 is 120. The Morgan fingerprint density at radius 2 is 1.05 bits per heavy atom. The molecule has 8 rings (SSSR count). The predicted octanol–water partition coefficient (Wildman–Crippen LogP) is 10.4. The van der Waals surface area contributed by atoms with Gasteiger partial charge in [-0.15, -0.1) is 0 Å². The van der Waals surface area contributed by atoms with Crippen LogP contribution in [0.25, 0.3) is 76.5 Å². The standard InChI is InChI=1S/C36H22O/c1-2-11-24(12-3-1)34-27-14-6-8-16-29(27)35(30-17-9-7-15-28(30)34)25-19-20-32-31(22-25)36-26-13-5-4-10-23(26)18-21-33(36)37-32/h1-22H/i1D,2D,3D,6D,7D,8D,9D,11D,12D,14D,15D,16D,17D. The monoisotopic (exact) mass is 483 g/mol. The Bertz CT molecular complexity index is 2750. The average molecular weight is 484 g/mol. The fraction of sp³-hybridized carbons (Fsp3) is 0. The number of furan rings is 1. The molecule has 0 amide bonds. The van der Waals surface area contributed by atoms with Gasteiger partial charge in [-0.2, -0.15) is 0 Å². The van der Waals surface area contributed by atoms with Crippen molar-refractivity contribution in [1.29, 1.82) is 0 Å². The first-order chi connectivity index (χ1) is 23.8. The fourth-order valence-electron chi connectivity index (χ4n) is 5.24. The summed E-state index contributed by atoms with van der Waals surface area (Å²) in [6, 6.07) is 8.32. The van der Waals surface area contributed by atoms with Gasteiger partial charge in [0.1, 0.15) is 11.2 Å². The van der Waals surface area contributed by atoms with Gasteiger partial charge >= 0.3 is 0 Å². The van der Waals surface area contributed by atoms with E-state index in [0.717, 1.165) is 16.2 Å². The summed E-state index contributed by atoms with van der Waals surface area (Å²) >= 11 is 0. The van der Waals surface area contributed by atoms with Crippen LogP contribution < -0.4 is 0 Å². The number of benzene rings is 7. The number of hydrogen-bond acceptors (Lipinski definition) is 1. The highest BCUT2D eigenvalue weighted by molar-refractivity contribution is 6.23. The molecule has 0 N–H and O–H groups in total. The fourth-order valence-corrected chi connectivity index (χ4v) is 5.24. The van der Waals surface area contributed by atoms with Crippen molar-refractivity contribution in [1.82, 2.24) is 0 Å². The molecule has 0 atom stereocenters. The van der Waals surface area contributed by atoms with Crippen LogP contribution in [0.15, 0.2) is 138 Å². The first kappa shape index (κ1) is 11.5. The van der Waals surface area contributed by atoms with Crippen molar-refractivity contribution >= 4 is 54.3 Å². The highest BCUT2D eigenvalue weighted by atomic mass is 16.3. The minimum absolute atomic E-state index is 0.0709. The maximum Gasteiger partial charge on any atom is 0.136 e. The molecule has 1 heterocycles. The third kappa shape index (κ3) is 2.98. The van der Waals surface area contributed by atoms with Crippen molar-refractivity contribution in [2.24, 2.45) is 0 Å². The second-order valence-electron chi connectivity index (χ2n) is 8.72. The van der Waals surface area contributed by atoms with Crippen LogP contribution >= 0.6 is 0 Å². The molecule has 0 saturated carbocycles. The maximum absolute atomic E-state index is 9.17. The zero-order chi connectivity index (χ0) is 35.7. The lowest BCUT2D eigenvalue weighted by Gasteiger charge is -2.17. The van der Waals surface area contributed by atoms with E-state index in [0.29, 0.717) is 22.1 Å². The van der Waals surface area contributed by atoms with Crippen LogP contribution in [-0.4, -0.2) is 0 Å². The normalized spacial score (nSPS) is 16.7. The van der Waals surface area contributed by atoms with Crippen LogP contribution in [0.1, 0.15) is 17.8 Å². The molecule has 7 aromatic carbocycles. The molecule has 1 heteroatoms. The Kier molecular flexibility index (Phi) is 2.42. The summed E-state index contributed by atoms with van der Waals surface area (Å²) in [4.78, 5) is 0. The van der Waals surface area contributed by atoms with E-state index in [4.69, 9.17) is 22.2 Å². The third-order valence-corrected chi connectivity index (χ3v) is 6.77. The summed E-state index contributed by atoms with van der Waals surface area (Å²) in [5.41, 5.74) is 0.789. The molecule has 0 spiro atoms. The van der Waals surface area contributed by atoms with E-state index < -0.39 is 84.1 Å². The summed E-state index contributed by atoms with van der Waals surface area (Å²) in [6.45, 7) is 0. The number of hydrogen-bond donors (Lipinski definition) is 0. The van der Waals surface area contributed by atoms with Gasteiger partial charge in [0.15, 0.2) is 0 Å². The van der Waals surface area contributed by atoms with Crippen molar-refractivity contribution in [3.63, 3.8) is 0 Å². The van der Waals surface area contributed by atoms with E-state index in [9.17, 15) is 0 Å². The van der Waals surface area contributed by atoms with E-state index in [-0.39, 0.29) is 32.7 Å². The second kappa shape index (κ2) is 7.81. The van der Waals surface area contributed by atoms with Crippen LogP contribution in [0.3, 0.4) is 0 Å². The lowest BCUT2D eigenvalue weighted by Crippen LogP contribution is -1.90. The molecule has 8 aromatic rings. The van der Waals surface area contributed by atoms with Gasteiger partial charge in [-0.3, -0.25) is 0 Å². The Morgan fingerprint density at radius 3 is 1.76 bits per heavy atom. The van der Waals surface area contributed by atoms with Crippen LogP contribution in [0.2, 0.25) is 0 Å². The maximum atomic E-state index is 9.17. The highest BCUT2D eigenvalue weighted by Crippen LogP contribution is 2.45. The first-order valence-corrected chi connectivity index (χ1v) is 11.6. The zero-order valence-electron chi connectivity index (χ0n) is 32.1. The molecule has 0 radical (unpaired) electrons. The smallest absolute Gasteiger partial charge is 0.136 e. The Morgan fingerprint density at radius 1 is 0.459 bits per heavy atom. The Balaban J connectivity index is 1.69. The molecule has 0 aliphatic carbocycles. The molecule has 1 nitrogen and oxygen atoms in total. The Hall–Kier alpha value is -4.88. The second-order valence-corrected chi connectivity index (χ2v) is 8.72. The summed E-state index contributed by atoms with van der Waals surface area (Å²) in [5.74, 6) is 0. The van der Waals surface area contributed by atoms with Gasteiger partial charge < -0.3 is 4.42 Å². The molecule has 0 saturated heterocycles. The van der Waals surface area contributed by atoms with Crippen LogP contribution in [-0.2, 0) is 0 Å². The average Bonchev–Trinajstić information content (AvgIpc) is 3.50. The lowest BCUT2D eigenvalue weighted by molar-refractivity contribution is 0.669. The highest BCUT2D eigenvalue weighted by Gasteiger charge is 2.18. The Labute approximate surface area is 232 Å². The van der Waals surface area contributed by atoms with Gasteiger partial charge in [0.25, 0.3) is 0 Å². The van der Waals surface area contributed by atoms with Crippen molar-refractivity contribution in [3.8, 4) is 22.3 Å². The van der Waals surface area contributed by atoms with Gasteiger partial charge in [0.05, 0.1) is 17.8 Å². The van der Waals surface area contributed by atoms with Gasteiger partial charge in [-0.05, 0) is 72.8 Å². The van der Waals surface area contributed by atoms with E-state index in [1.54, 1.807) is 18.2 Å². The molecule has 37 heavy (non-hydrogen) atoms. The van der Waals surface area contributed by atoms with Crippen molar-refractivity contribution < 1.29 is 22.2 Å². The molecule has 0 fully saturated rings. The van der Waals surface area contributed by atoms with Crippen LogP contribution in [0.4, 0.5) is 0 Å². The van der Waals surface area contributed by atoms with Gasteiger partial charge in [0, 0.05) is 10.8 Å². The quantitative estimate of drug-likeness (QED) is 0.223. The zero-order valence-corrected chi connectivity index (χ0v) is 19.1. The number of fused-ring (bicyclic) bond motifs is 7. The van der Waals surface area contributed by atoms with Crippen molar-refractivity contribution in [3.05, 3.63) is 133 Å². The van der Waals surface area contributed by atoms with E-state index in [2.05, 4.69) is 0 Å². The van der Waals surface area contributed by atoms with Crippen LogP contribution in [0, 0.1) is 0 Å². The molecule has 0 unspecified atom stereocenters. The van der Waals surface area contributed by atoms with Crippen molar-refractivity contribution in [2.45, 2.75) is 0 Å². The third-order valence-electron chi connectivity index (χ3n) is 6.77. The molecule has 0 aliphatic heterocycles. The first-order valence-electron chi connectivity index (χ1n) is 18.1. The molecular formula is C36H22O. The molecule has 172 valence electrons. The predicted molar refractivity (Wildman–Crippen MR) is 157 cm³/mol. The molecule has 0 bridgehead atoms. The molecule has 0 aliphatic rings. The van der Waals surface area contributed by atoms with Gasteiger partial charge in [-0.1, -0.05) is 115 Å². The largest absolute Gasteiger partial charge is 0.456 e. The van der Waals surface area contributed by atoms with E-state index >= 15 is 0 Å². The molecule has 1 aromatic heterocycles. The minimum atomic E-state index is -0.711. The number of rotatable bonds is 2. The van der Waals surface area contributed by atoms with E-state index in [1.807, 2.05) is 36.4 Å². The van der Waals surface area contributed by atoms with Crippen LogP contribution in [0.5, 0.6) is 0 Å². The van der Waals surface area contributed by atoms with E-state index in [1.165, 1.54) is 0 Å². The minimum Gasteiger partial charge on any atom is -0.456 e. The lowest BCUT2D eigenvalue weighted by atomic mass is 9.86. The van der Waals surface area contributed by atoms with Gasteiger partial charge in [0.2, 0.25) is 0 Å². The summed E-state index contributed by atoms with van der Waals surface area (Å²) in [7, 11) is 0.